The molecule has 0 amide bonds. The van der Waals surface area contributed by atoms with E-state index in [4.69, 9.17) is 6.42 Å². The molecule has 0 aromatic rings. The Balaban J connectivity index is 2.21. The van der Waals surface area contributed by atoms with Crippen LogP contribution in [0.2, 0.25) is 0 Å². The molecule has 0 saturated heterocycles. The molecule has 14 heavy (non-hydrogen) atoms. The van der Waals surface area contributed by atoms with Gasteiger partial charge in [-0.3, -0.25) is 0 Å². The van der Waals surface area contributed by atoms with Crippen molar-refractivity contribution >= 4 is 0 Å². The van der Waals surface area contributed by atoms with E-state index in [1.54, 1.807) is 0 Å². The van der Waals surface area contributed by atoms with Crippen molar-refractivity contribution in [1.82, 2.24) is 0 Å². The summed E-state index contributed by atoms with van der Waals surface area (Å²) in [6, 6.07) is 0. The number of rotatable bonds is 2. The van der Waals surface area contributed by atoms with Crippen LogP contribution < -0.4 is 0 Å². The van der Waals surface area contributed by atoms with E-state index >= 15 is 0 Å². The molecule has 0 fully saturated rings. The average Bonchev–Trinajstić information content (AvgIpc) is 2.74. The first kappa shape index (κ1) is 9.09. The number of allylic oxidation sites excluding steroid dienone is 8. The molecule has 2 aliphatic rings. The molecule has 0 heterocycles. The van der Waals surface area contributed by atoms with Gasteiger partial charge < -0.3 is 0 Å². The molecule has 2 rings (SSSR count). The summed E-state index contributed by atoms with van der Waals surface area (Å²) >= 11 is 0. The summed E-state index contributed by atoms with van der Waals surface area (Å²) in [6.07, 6.45) is 18.2. The highest BCUT2D eigenvalue weighted by atomic mass is 14.2. The SMILES string of the molecule is C#CCC1C=CC=C1C1=C(C)C=CC1. The highest BCUT2D eigenvalue weighted by Gasteiger charge is 2.19. The fourth-order valence-corrected chi connectivity index (χ4v) is 2.11. The Labute approximate surface area is 85.7 Å². The molecule has 0 aromatic heterocycles. The van der Waals surface area contributed by atoms with Crippen LogP contribution in [0.15, 0.2) is 47.1 Å². The third kappa shape index (κ3) is 1.46. The number of hydrogen-bond donors (Lipinski definition) is 0. The van der Waals surface area contributed by atoms with Crippen molar-refractivity contribution < 1.29 is 0 Å². The minimum Gasteiger partial charge on any atom is -0.120 e. The summed E-state index contributed by atoms with van der Waals surface area (Å²) in [6.45, 7) is 2.17. The van der Waals surface area contributed by atoms with Gasteiger partial charge in [-0.15, -0.1) is 12.3 Å². The fraction of sp³-hybridized carbons (Fsp3) is 0.286. The van der Waals surface area contributed by atoms with Gasteiger partial charge in [0.2, 0.25) is 0 Å². The van der Waals surface area contributed by atoms with Crippen molar-refractivity contribution in [2.45, 2.75) is 19.8 Å². The molecule has 0 heteroatoms. The molecule has 0 spiro atoms. The zero-order chi connectivity index (χ0) is 9.97. The van der Waals surface area contributed by atoms with Gasteiger partial charge in [-0.1, -0.05) is 30.4 Å². The van der Waals surface area contributed by atoms with Gasteiger partial charge in [0.1, 0.15) is 0 Å². The second-order valence-corrected chi connectivity index (χ2v) is 3.79. The largest absolute Gasteiger partial charge is 0.120 e. The van der Waals surface area contributed by atoms with E-state index in [2.05, 4.69) is 43.2 Å². The lowest BCUT2D eigenvalue weighted by atomic mass is 9.91. The highest BCUT2D eigenvalue weighted by Crippen LogP contribution is 2.35. The smallest absolute Gasteiger partial charge is 0.0190 e. The van der Waals surface area contributed by atoms with Crippen LogP contribution in [0.4, 0.5) is 0 Å². The van der Waals surface area contributed by atoms with Crippen molar-refractivity contribution in [3.8, 4) is 12.3 Å². The van der Waals surface area contributed by atoms with Crippen LogP contribution in [0, 0.1) is 18.3 Å². The van der Waals surface area contributed by atoms with Crippen LogP contribution in [0.5, 0.6) is 0 Å². The van der Waals surface area contributed by atoms with Gasteiger partial charge in [-0.25, -0.2) is 0 Å². The zero-order valence-corrected chi connectivity index (χ0v) is 8.46. The Hall–Kier alpha value is -1.48. The van der Waals surface area contributed by atoms with E-state index in [0.29, 0.717) is 5.92 Å². The summed E-state index contributed by atoms with van der Waals surface area (Å²) in [7, 11) is 0. The maximum Gasteiger partial charge on any atom is 0.0190 e. The first-order chi connectivity index (χ1) is 6.83. The molecule has 1 atom stereocenters. The maximum absolute atomic E-state index is 5.36. The van der Waals surface area contributed by atoms with E-state index < -0.39 is 0 Å². The minimum atomic E-state index is 0.449. The molecule has 2 aliphatic carbocycles. The van der Waals surface area contributed by atoms with Crippen molar-refractivity contribution in [1.29, 1.82) is 0 Å². The fourth-order valence-electron chi connectivity index (χ4n) is 2.11. The number of terminal acetylenes is 1. The van der Waals surface area contributed by atoms with E-state index in [0.717, 1.165) is 12.8 Å². The predicted octanol–water partition coefficient (Wildman–Crippen LogP) is 3.40. The molecule has 0 bridgehead atoms. The predicted molar refractivity (Wildman–Crippen MR) is 60.6 cm³/mol. The van der Waals surface area contributed by atoms with Gasteiger partial charge in [0.05, 0.1) is 0 Å². The van der Waals surface area contributed by atoms with E-state index in [9.17, 15) is 0 Å². The second kappa shape index (κ2) is 3.72. The van der Waals surface area contributed by atoms with Gasteiger partial charge in [-0.05, 0) is 30.1 Å². The molecule has 0 N–H and O–H groups in total. The Bertz CT molecular complexity index is 394. The molecular weight excluding hydrogens is 168 g/mol. The molecule has 0 saturated carbocycles. The Morgan fingerprint density at radius 2 is 2.43 bits per heavy atom. The zero-order valence-electron chi connectivity index (χ0n) is 8.46. The Kier molecular flexibility index (Phi) is 2.41. The van der Waals surface area contributed by atoms with Gasteiger partial charge in [-0.2, -0.15) is 0 Å². The van der Waals surface area contributed by atoms with Crippen LogP contribution in [-0.4, -0.2) is 0 Å². The number of hydrogen-bond acceptors (Lipinski definition) is 0. The molecule has 0 aromatic carbocycles. The summed E-state index contributed by atoms with van der Waals surface area (Å²) in [5, 5.41) is 0. The molecule has 0 nitrogen and oxygen atoms in total. The minimum absolute atomic E-state index is 0.449. The maximum atomic E-state index is 5.36. The monoisotopic (exact) mass is 182 g/mol. The van der Waals surface area contributed by atoms with Gasteiger partial charge >= 0.3 is 0 Å². The summed E-state index contributed by atoms with van der Waals surface area (Å²) < 4.78 is 0. The normalized spacial score (nSPS) is 24.3. The van der Waals surface area contributed by atoms with Crippen LogP contribution in [0.1, 0.15) is 19.8 Å². The van der Waals surface area contributed by atoms with E-state index in [-0.39, 0.29) is 0 Å². The average molecular weight is 182 g/mol. The van der Waals surface area contributed by atoms with Crippen molar-refractivity contribution in [3.63, 3.8) is 0 Å². The molecular formula is C14H14. The summed E-state index contributed by atoms with van der Waals surface area (Å²) in [5.74, 6) is 3.19. The van der Waals surface area contributed by atoms with Crippen molar-refractivity contribution in [3.05, 3.63) is 47.1 Å². The van der Waals surface area contributed by atoms with Gasteiger partial charge in [0, 0.05) is 12.3 Å². The second-order valence-electron chi connectivity index (χ2n) is 3.79. The first-order valence-corrected chi connectivity index (χ1v) is 5.01. The quantitative estimate of drug-likeness (QED) is 0.574. The molecule has 70 valence electrons. The van der Waals surface area contributed by atoms with Crippen LogP contribution in [0.25, 0.3) is 0 Å². The van der Waals surface area contributed by atoms with Crippen molar-refractivity contribution in [2.75, 3.05) is 0 Å². The topological polar surface area (TPSA) is 0 Å². The van der Waals surface area contributed by atoms with Crippen LogP contribution >= 0.6 is 0 Å². The Morgan fingerprint density at radius 1 is 1.57 bits per heavy atom. The first-order valence-electron chi connectivity index (χ1n) is 5.01. The lowest BCUT2D eigenvalue weighted by Gasteiger charge is -2.13. The van der Waals surface area contributed by atoms with Crippen LogP contribution in [0.3, 0.4) is 0 Å². The Morgan fingerprint density at radius 3 is 3.07 bits per heavy atom. The third-order valence-corrected chi connectivity index (χ3v) is 2.87. The van der Waals surface area contributed by atoms with Crippen molar-refractivity contribution in [2.24, 2.45) is 5.92 Å². The summed E-state index contributed by atoms with van der Waals surface area (Å²) in [4.78, 5) is 0. The molecule has 1 unspecified atom stereocenters. The highest BCUT2D eigenvalue weighted by molar-refractivity contribution is 5.50. The van der Waals surface area contributed by atoms with E-state index in [1.807, 2.05) is 0 Å². The lowest BCUT2D eigenvalue weighted by Crippen LogP contribution is -2.00. The molecule has 0 radical (unpaired) electrons. The molecule has 0 aliphatic heterocycles. The third-order valence-electron chi connectivity index (χ3n) is 2.87. The lowest BCUT2D eigenvalue weighted by molar-refractivity contribution is 0.806. The summed E-state index contributed by atoms with van der Waals surface area (Å²) in [5.41, 5.74) is 4.28. The standard InChI is InChI=1S/C14H14/c1-3-6-12-8-5-10-14(12)13-9-4-7-11(13)2/h1,4-5,7-8,10,12H,6,9H2,2H3. The van der Waals surface area contributed by atoms with Crippen LogP contribution in [-0.2, 0) is 0 Å². The van der Waals surface area contributed by atoms with Gasteiger partial charge in [0.25, 0.3) is 0 Å². The van der Waals surface area contributed by atoms with E-state index in [1.165, 1.54) is 16.7 Å². The van der Waals surface area contributed by atoms with Gasteiger partial charge in [0.15, 0.2) is 0 Å².